The number of para-hydroxylation sites is 1. The maximum Gasteiger partial charge on any atom is 0.332 e. The number of carboxylic acids is 1. The third-order valence-corrected chi connectivity index (χ3v) is 6.41. The number of benzene rings is 2. The molecular formula is C24H23N3O4. The quantitative estimate of drug-likeness (QED) is 0.518. The molecule has 158 valence electrons. The molecule has 7 nitrogen and oxygen atoms in total. The van der Waals surface area contributed by atoms with Crippen molar-refractivity contribution in [2.24, 2.45) is 5.92 Å². The maximum atomic E-state index is 13.7. The molecule has 0 amide bonds. The summed E-state index contributed by atoms with van der Waals surface area (Å²) in [6.45, 7) is 3.92. The first-order valence-corrected chi connectivity index (χ1v) is 10.5. The van der Waals surface area contributed by atoms with Gasteiger partial charge in [0.05, 0.1) is 16.9 Å². The molecule has 5 rings (SSSR count). The standard InChI is InChI=1S/C24H23N3O4/c1-13-6-5-8-18-20(13)17(12-25-18)14(2)26-19-9-4-3-7-16(19)22(28)27(24(26)31)21(23(29)30)15-10-11-15/h3-9,12,14-15,21,25H,10-11H2,1-2H3,(H,29,30)/t14?,21-/m1/s1. The predicted molar refractivity (Wildman–Crippen MR) is 119 cm³/mol. The molecular weight excluding hydrogens is 394 g/mol. The monoisotopic (exact) mass is 417 g/mol. The summed E-state index contributed by atoms with van der Waals surface area (Å²) in [5, 5.41) is 11.2. The van der Waals surface area contributed by atoms with Crippen molar-refractivity contribution in [3.05, 3.63) is 80.6 Å². The lowest BCUT2D eigenvalue weighted by atomic mass is 10.0. The molecule has 1 aliphatic rings. The number of fused-ring (bicyclic) bond motifs is 2. The Labute approximate surface area is 177 Å². The summed E-state index contributed by atoms with van der Waals surface area (Å²) in [5.74, 6) is -1.33. The van der Waals surface area contributed by atoms with Gasteiger partial charge >= 0.3 is 11.7 Å². The van der Waals surface area contributed by atoms with E-state index in [1.807, 2.05) is 38.2 Å². The fraction of sp³-hybridized carbons (Fsp3) is 0.292. The normalized spacial score (nSPS) is 15.9. The van der Waals surface area contributed by atoms with Crippen molar-refractivity contribution in [1.82, 2.24) is 14.1 Å². The topological polar surface area (TPSA) is 97.1 Å². The van der Waals surface area contributed by atoms with Gasteiger partial charge < -0.3 is 10.1 Å². The van der Waals surface area contributed by atoms with Gasteiger partial charge in [0.1, 0.15) is 6.04 Å². The van der Waals surface area contributed by atoms with Gasteiger partial charge in [-0.05, 0) is 56.4 Å². The van der Waals surface area contributed by atoms with Gasteiger partial charge in [0.25, 0.3) is 5.56 Å². The second-order valence-electron chi connectivity index (χ2n) is 8.38. The van der Waals surface area contributed by atoms with Gasteiger partial charge in [-0.2, -0.15) is 0 Å². The molecule has 31 heavy (non-hydrogen) atoms. The fourth-order valence-corrected chi connectivity index (χ4v) is 4.72. The molecule has 0 bridgehead atoms. The number of carbonyl (C=O) groups is 1. The van der Waals surface area contributed by atoms with E-state index >= 15 is 0 Å². The van der Waals surface area contributed by atoms with E-state index in [1.54, 1.807) is 28.8 Å². The number of hydrogen-bond acceptors (Lipinski definition) is 3. The summed E-state index contributed by atoms with van der Waals surface area (Å²) in [4.78, 5) is 42.2. The van der Waals surface area contributed by atoms with E-state index in [2.05, 4.69) is 4.98 Å². The summed E-state index contributed by atoms with van der Waals surface area (Å²) < 4.78 is 2.52. The molecule has 1 saturated carbocycles. The van der Waals surface area contributed by atoms with Gasteiger partial charge in [-0.3, -0.25) is 9.36 Å². The Morgan fingerprint density at radius 1 is 1.10 bits per heavy atom. The molecule has 1 aliphatic carbocycles. The van der Waals surface area contributed by atoms with Crippen molar-refractivity contribution in [3.8, 4) is 0 Å². The summed E-state index contributed by atoms with van der Waals surface area (Å²) in [5.41, 5.74) is 2.34. The Kier molecular flexibility index (Phi) is 4.36. The second kappa shape index (κ2) is 6.97. The smallest absolute Gasteiger partial charge is 0.332 e. The van der Waals surface area contributed by atoms with Crippen molar-refractivity contribution < 1.29 is 9.90 Å². The number of rotatable bonds is 5. The number of aliphatic carboxylic acids is 1. The number of H-pyrrole nitrogens is 1. The zero-order chi connectivity index (χ0) is 21.9. The van der Waals surface area contributed by atoms with Crippen LogP contribution in [0.5, 0.6) is 0 Å². The van der Waals surface area contributed by atoms with Gasteiger partial charge in [-0.25, -0.2) is 14.2 Å². The number of aryl methyl sites for hydroxylation is 1. The Morgan fingerprint density at radius 3 is 2.55 bits per heavy atom. The first kappa shape index (κ1) is 19.4. The van der Waals surface area contributed by atoms with Crippen LogP contribution in [-0.4, -0.2) is 25.2 Å². The van der Waals surface area contributed by atoms with Crippen LogP contribution in [0.15, 0.2) is 58.3 Å². The van der Waals surface area contributed by atoms with Crippen molar-refractivity contribution >= 4 is 27.8 Å². The molecule has 7 heteroatoms. The molecule has 2 N–H and O–H groups in total. The number of nitrogens with one attached hydrogen (secondary N) is 1. The average Bonchev–Trinajstić information content (AvgIpc) is 3.48. The molecule has 1 fully saturated rings. The highest BCUT2D eigenvalue weighted by Crippen LogP contribution is 2.39. The van der Waals surface area contributed by atoms with Crippen LogP contribution in [0.4, 0.5) is 0 Å². The van der Waals surface area contributed by atoms with Crippen LogP contribution < -0.4 is 11.2 Å². The minimum Gasteiger partial charge on any atom is -0.480 e. The molecule has 2 heterocycles. The molecule has 1 unspecified atom stereocenters. The molecule has 2 aromatic heterocycles. The summed E-state index contributed by atoms with van der Waals surface area (Å²) in [7, 11) is 0. The van der Waals surface area contributed by atoms with Gasteiger partial charge in [-0.15, -0.1) is 0 Å². The molecule has 0 radical (unpaired) electrons. The largest absolute Gasteiger partial charge is 0.480 e. The summed E-state index contributed by atoms with van der Waals surface area (Å²) >= 11 is 0. The molecule has 0 saturated heterocycles. The Hall–Kier alpha value is -3.61. The van der Waals surface area contributed by atoms with E-state index in [0.717, 1.165) is 26.6 Å². The molecule has 2 atom stereocenters. The highest BCUT2D eigenvalue weighted by atomic mass is 16.4. The van der Waals surface area contributed by atoms with Gasteiger partial charge in [-0.1, -0.05) is 24.3 Å². The highest BCUT2D eigenvalue weighted by Gasteiger charge is 2.40. The molecule has 4 aromatic rings. The number of aromatic amines is 1. The van der Waals surface area contributed by atoms with E-state index in [4.69, 9.17) is 0 Å². The molecule has 2 aromatic carbocycles. The molecule has 0 aliphatic heterocycles. The summed E-state index contributed by atoms with van der Waals surface area (Å²) in [6.07, 6.45) is 3.29. The first-order valence-electron chi connectivity index (χ1n) is 10.5. The van der Waals surface area contributed by atoms with Crippen molar-refractivity contribution in [2.45, 2.75) is 38.8 Å². The lowest BCUT2D eigenvalue weighted by Gasteiger charge is -2.22. The van der Waals surface area contributed by atoms with Crippen LogP contribution in [0.25, 0.3) is 21.8 Å². The van der Waals surface area contributed by atoms with Crippen LogP contribution >= 0.6 is 0 Å². The highest BCUT2D eigenvalue weighted by molar-refractivity contribution is 5.87. The second-order valence-corrected chi connectivity index (χ2v) is 8.38. The van der Waals surface area contributed by atoms with E-state index in [0.29, 0.717) is 23.7 Å². The van der Waals surface area contributed by atoms with E-state index in [-0.39, 0.29) is 5.92 Å². The van der Waals surface area contributed by atoms with Gasteiger partial charge in [0.2, 0.25) is 0 Å². The van der Waals surface area contributed by atoms with E-state index in [9.17, 15) is 19.5 Å². The minimum absolute atomic E-state index is 0.192. The van der Waals surface area contributed by atoms with Crippen LogP contribution in [0.2, 0.25) is 0 Å². The van der Waals surface area contributed by atoms with Gasteiger partial charge in [0.15, 0.2) is 0 Å². The molecule has 0 spiro atoms. The Morgan fingerprint density at radius 2 is 1.84 bits per heavy atom. The maximum absolute atomic E-state index is 13.7. The van der Waals surface area contributed by atoms with Crippen molar-refractivity contribution in [1.29, 1.82) is 0 Å². The average molecular weight is 417 g/mol. The Balaban J connectivity index is 1.83. The number of nitrogens with zero attached hydrogens (tertiary/aromatic N) is 2. The lowest BCUT2D eigenvalue weighted by molar-refractivity contribution is -0.141. The van der Waals surface area contributed by atoms with Crippen LogP contribution in [0.1, 0.15) is 43.0 Å². The zero-order valence-corrected chi connectivity index (χ0v) is 17.3. The Bertz CT molecular complexity index is 1460. The number of aromatic nitrogens is 3. The fourth-order valence-electron chi connectivity index (χ4n) is 4.72. The van der Waals surface area contributed by atoms with Crippen molar-refractivity contribution in [3.63, 3.8) is 0 Å². The van der Waals surface area contributed by atoms with E-state index in [1.165, 1.54) is 0 Å². The number of hydrogen-bond donors (Lipinski definition) is 2. The van der Waals surface area contributed by atoms with Crippen LogP contribution in [0, 0.1) is 12.8 Å². The van der Waals surface area contributed by atoms with Crippen molar-refractivity contribution in [2.75, 3.05) is 0 Å². The minimum atomic E-state index is -1.15. The number of carboxylic acid groups (broad SMARTS) is 1. The van der Waals surface area contributed by atoms with Gasteiger partial charge in [0, 0.05) is 22.7 Å². The predicted octanol–water partition coefficient (Wildman–Crippen LogP) is 3.60. The third-order valence-electron chi connectivity index (χ3n) is 6.41. The summed E-state index contributed by atoms with van der Waals surface area (Å²) in [6, 6.07) is 11.3. The first-order chi connectivity index (χ1) is 14.9. The third kappa shape index (κ3) is 2.91. The van der Waals surface area contributed by atoms with Crippen LogP contribution in [-0.2, 0) is 4.79 Å². The lowest BCUT2D eigenvalue weighted by Crippen LogP contribution is -2.46. The zero-order valence-electron chi connectivity index (χ0n) is 17.3. The van der Waals surface area contributed by atoms with E-state index < -0.39 is 29.3 Å². The SMILES string of the molecule is Cc1cccc2[nH]cc(C(C)n3c(=O)n([C@@H](C(=O)O)C4CC4)c(=O)c4ccccc43)c12. The van der Waals surface area contributed by atoms with Crippen LogP contribution in [0.3, 0.4) is 0 Å².